The molecule has 1 aromatic heterocycles. The summed E-state index contributed by atoms with van der Waals surface area (Å²) in [6.07, 6.45) is -0.160. The molecule has 1 N–H and O–H groups in total. The SMILES string of the molecule is O=C(O)c1cccc2oc(C3CCC(F)(F)C3)nc12. The second-order valence-electron chi connectivity index (χ2n) is 4.81. The van der Waals surface area contributed by atoms with Crippen LogP contribution >= 0.6 is 0 Å². The zero-order valence-electron chi connectivity index (χ0n) is 9.90. The van der Waals surface area contributed by atoms with Crippen molar-refractivity contribution >= 4 is 17.1 Å². The third-order valence-electron chi connectivity index (χ3n) is 3.42. The number of aromatic carboxylic acids is 1. The van der Waals surface area contributed by atoms with E-state index in [-0.39, 0.29) is 29.8 Å². The summed E-state index contributed by atoms with van der Waals surface area (Å²) in [6, 6.07) is 4.55. The van der Waals surface area contributed by atoms with Gasteiger partial charge in [-0.2, -0.15) is 0 Å². The first-order chi connectivity index (χ1) is 8.96. The summed E-state index contributed by atoms with van der Waals surface area (Å²) in [5.41, 5.74) is 0.572. The fraction of sp³-hybridized carbons (Fsp3) is 0.385. The molecular weight excluding hydrogens is 256 g/mol. The molecule has 0 bridgehead atoms. The molecule has 0 spiro atoms. The van der Waals surface area contributed by atoms with E-state index in [1.165, 1.54) is 6.07 Å². The van der Waals surface area contributed by atoms with E-state index in [2.05, 4.69) is 4.98 Å². The number of fused-ring (bicyclic) bond motifs is 1. The molecule has 1 aromatic carbocycles. The first-order valence-electron chi connectivity index (χ1n) is 5.97. The van der Waals surface area contributed by atoms with Gasteiger partial charge in [0.1, 0.15) is 5.52 Å². The van der Waals surface area contributed by atoms with Crippen LogP contribution in [0.25, 0.3) is 11.1 Å². The molecule has 2 aromatic rings. The maximum Gasteiger partial charge on any atom is 0.338 e. The molecule has 0 amide bonds. The van der Waals surface area contributed by atoms with Crippen molar-refractivity contribution in [3.63, 3.8) is 0 Å². The summed E-state index contributed by atoms with van der Waals surface area (Å²) in [5, 5.41) is 9.04. The number of carbonyl (C=O) groups is 1. The van der Waals surface area contributed by atoms with Gasteiger partial charge < -0.3 is 9.52 Å². The minimum Gasteiger partial charge on any atom is -0.478 e. The predicted octanol–water partition coefficient (Wildman–Crippen LogP) is 3.43. The van der Waals surface area contributed by atoms with E-state index >= 15 is 0 Å². The van der Waals surface area contributed by atoms with Crippen molar-refractivity contribution in [1.29, 1.82) is 0 Å². The Hall–Kier alpha value is -1.98. The molecule has 0 saturated heterocycles. The Kier molecular flexibility index (Phi) is 2.55. The van der Waals surface area contributed by atoms with Crippen LogP contribution in [-0.2, 0) is 0 Å². The van der Waals surface area contributed by atoms with Crippen molar-refractivity contribution in [1.82, 2.24) is 4.98 Å². The van der Waals surface area contributed by atoms with Gasteiger partial charge in [-0.3, -0.25) is 0 Å². The van der Waals surface area contributed by atoms with Gasteiger partial charge in [-0.25, -0.2) is 18.6 Å². The van der Waals surface area contributed by atoms with E-state index in [0.29, 0.717) is 12.0 Å². The summed E-state index contributed by atoms with van der Waals surface area (Å²) in [5.74, 6) is -4.02. The zero-order valence-corrected chi connectivity index (χ0v) is 9.90. The molecule has 19 heavy (non-hydrogen) atoms. The molecule has 1 fully saturated rings. The third kappa shape index (κ3) is 2.07. The van der Waals surface area contributed by atoms with Crippen LogP contribution < -0.4 is 0 Å². The average molecular weight is 267 g/mol. The summed E-state index contributed by atoms with van der Waals surface area (Å²) >= 11 is 0. The van der Waals surface area contributed by atoms with Crippen LogP contribution in [0.5, 0.6) is 0 Å². The van der Waals surface area contributed by atoms with E-state index < -0.39 is 17.8 Å². The Bertz CT molecular complexity index is 650. The first-order valence-corrected chi connectivity index (χ1v) is 5.97. The molecule has 3 rings (SSSR count). The number of carboxylic acids is 1. The van der Waals surface area contributed by atoms with E-state index in [1.54, 1.807) is 12.1 Å². The normalized spacial score (nSPS) is 21.9. The van der Waals surface area contributed by atoms with Gasteiger partial charge in [0.15, 0.2) is 11.5 Å². The Balaban J connectivity index is 2.03. The van der Waals surface area contributed by atoms with Gasteiger partial charge in [0, 0.05) is 18.8 Å². The number of carboxylic acid groups (broad SMARTS) is 1. The zero-order chi connectivity index (χ0) is 13.6. The lowest BCUT2D eigenvalue weighted by atomic mass is 10.1. The van der Waals surface area contributed by atoms with Gasteiger partial charge in [-0.05, 0) is 18.6 Å². The number of oxazole rings is 1. The summed E-state index contributed by atoms with van der Waals surface area (Å²) in [6.45, 7) is 0. The van der Waals surface area contributed by atoms with E-state index in [9.17, 15) is 13.6 Å². The Morgan fingerprint density at radius 2 is 2.26 bits per heavy atom. The molecule has 1 saturated carbocycles. The first kappa shape index (κ1) is 12.1. The average Bonchev–Trinajstić information content (AvgIpc) is 2.90. The molecule has 1 aliphatic carbocycles. The number of alkyl halides is 2. The van der Waals surface area contributed by atoms with Crippen molar-refractivity contribution in [2.45, 2.75) is 31.1 Å². The van der Waals surface area contributed by atoms with Crippen molar-refractivity contribution in [3.8, 4) is 0 Å². The Morgan fingerprint density at radius 1 is 1.47 bits per heavy atom. The van der Waals surface area contributed by atoms with Gasteiger partial charge in [0.2, 0.25) is 5.92 Å². The van der Waals surface area contributed by atoms with Crippen molar-refractivity contribution < 1.29 is 23.1 Å². The number of nitrogens with zero attached hydrogens (tertiary/aromatic N) is 1. The maximum atomic E-state index is 13.2. The van der Waals surface area contributed by atoms with Crippen LogP contribution in [0.15, 0.2) is 22.6 Å². The van der Waals surface area contributed by atoms with Gasteiger partial charge in [-0.15, -0.1) is 0 Å². The summed E-state index contributed by atoms with van der Waals surface area (Å²) in [7, 11) is 0. The predicted molar refractivity (Wildman–Crippen MR) is 62.5 cm³/mol. The number of hydrogen-bond donors (Lipinski definition) is 1. The monoisotopic (exact) mass is 267 g/mol. The Labute approximate surface area is 107 Å². The standard InChI is InChI=1S/C13H11F2NO3/c14-13(15)5-4-7(6-13)11-16-10-8(12(17)18)2-1-3-9(10)19-11/h1-3,7H,4-6H2,(H,17,18). The van der Waals surface area contributed by atoms with E-state index in [4.69, 9.17) is 9.52 Å². The molecule has 6 heteroatoms. The lowest BCUT2D eigenvalue weighted by Crippen LogP contribution is -2.09. The number of aromatic nitrogens is 1. The van der Waals surface area contributed by atoms with Crippen LogP contribution in [0.2, 0.25) is 0 Å². The van der Waals surface area contributed by atoms with Crippen LogP contribution in [0.1, 0.15) is 41.4 Å². The molecule has 1 unspecified atom stereocenters. The van der Waals surface area contributed by atoms with Crippen LogP contribution in [-0.4, -0.2) is 22.0 Å². The van der Waals surface area contributed by atoms with Gasteiger partial charge in [0.25, 0.3) is 0 Å². The summed E-state index contributed by atoms with van der Waals surface area (Å²) < 4.78 is 31.8. The minimum atomic E-state index is -2.68. The highest BCUT2D eigenvalue weighted by Gasteiger charge is 2.42. The van der Waals surface area contributed by atoms with E-state index in [1.807, 2.05) is 0 Å². The number of rotatable bonds is 2. The number of hydrogen-bond acceptors (Lipinski definition) is 3. The summed E-state index contributed by atoms with van der Waals surface area (Å²) in [4.78, 5) is 15.1. The molecule has 1 heterocycles. The Morgan fingerprint density at radius 3 is 2.89 bits per heavy atom. The molecular formula is C13H11F2NO3. The molecule has 1 atom stereocenters. The highest BCUT2D eigenvalue weighted by Crippen LogP contribution is 2.44. The molecule has 0 aliphatic heterocycles. The van der Waals surface area contributed by atoms with E-state index in [0.717, 1.165) is 0 Å². The number of benzene rings is 1. The van der Waals surface area contributed by atoms with Gasteiger partial charge in [-0.1, -0.05) is 6.07 Å². The lowest BCUT2D eigenvalue weighted by Gasteiger charge is -2.06. The second kappa shape index (κ2) is 4.01. The molecule has 4 nitrogen and oxygen atoms in total. The number of para-hydroxylation sites is 1. The fourth-order valence-electron chi connectivity index (χ4n) is 2.47. The largest absolute Gasteiger partial charge is 0.478 e. The van der Waals surface area contributed by atoms with Crippen LogP contribution in [0, 0.1) is 0 Å². The molecule has 100 valence electrons. The van der Waals surface area contributed by atoms with Crippen molar-refractivity contribution in [3.05, 3.63) is 29.7 Å². The van der Waals surface area contributed by atoms with Crippen molar-refractivity contribution in [2.24, 2.45) is 0 Å². The maximum absolute atomic E-state index is 13.2. The highest BCUT2D eigenvalue weighted by molar-refractivity contribution is 6.00. The fourth-order valence-corrected chi connectivity index (χ4v) is 2.47. The molecule has 1 aliphatic rings. The topological polar surface area (TPSA) is 63.3 Å². The smallest absolute Gasteiger partial charge is 0.338 e. The second-order valence-corrected chi connectivity index (χ2v) is 4.81. The van der Waals surface area contributed by atoms with Gasteiger partial charge >= 0.3 is 5.97 Å². The number of halogens is 2. The lowest BCUT2D eigenvalue weighted by molar-refractivity contribution is 0.00707. The van der Waals surface area contributed by atoms with Crippen molar-refractivity contribution in [2.75, 3.05) is 0 Å². The van der Waals surface area contributed by atoms with Crippen LogP contribution in [0.4, 0.5) is 8.78 Å². The van der Waals surface area contributed by atoms with Crippen LogP contribution in [0.3, 0.4) is 0 Å². The molecule has 0 radical (unpaired) electrons. The quantitative estimate of drug-likeness (QED) is 0.905. The minimum absolute atomic E-state index is 0.0252. The van der Waals surface area contributed by atoms with Gasteiger partial charge in [0.05, 0.1) is 5.56 Å². The third-order valence-corrected chi connectivity index (χ3v) is 3.42. The highest BCUT2D eigenvalue weighted by atomic mass is 19.3.